The Labute approximate surface area is 132 Å². The fourth-order valence-electron chi connectivity index (χ4n) is 2.93. The Balaban J connectivity index is 1.86. The minimum atomic E-state index is -4.17. The highest BCUT2D eigenvalue weighted by Crippen LogP contribution is 2.34. The number of nitrogens with zero attached hydrogens (tertiary/aromatic N) is 5. The van der Waals surface area contributed by atoms with Crippen molar-refractivity contribution in [3.8, 4) is 11.3 Å². The zero-order chi connectivity index (χ0) is 16.6. The Kier molecular flexibility index (Phi) is 3.99. The number of rotatable bonds is 2. The van der Waals surface area contributed by atoms with Crippen molar-refractivity contribution in [3.63, 3.8) is 0 Å². The van der Waals surface area contributed by atoms with E-state index in [1.807, 2.05) is 20.2 Å². The average molecular weight is 325 g/mol. The fourth-order valence-corrected chi connectivity index (χ4v) is 2.93. The van der Waals surface area contributed by atoms with E-state index in [2.05, 4.69) is 15.1 Å². The van der Waals surface area contributed by atoms with Gasteiger partial charge in [-0.3, -0.25) is 4.68 Å². The fraction of sp³-hybridized carbons (Fsp3) is 0.533. The maximum Gasteiger partial charge on any atom is 0.393 e. The van der Waals surface area contributed by atoms with E-state index in [4.69, 9.17) is 0 Å². The van der Waals surface area contributed by atoms with E-state index in [-0.39, 0.29) is 13.0 Å². The first kappa shape index (κ1) is 15.8. The quantitative estimate of drug-likeness (QED) is 0.852. The molecule has 0 bridgehead atoms. The van der Waals surface area contributed by atoms with Crippen LogP contribution in [0.3, 0.4) is 0 Å². The molecule has 0 radical (unpaired) electrons. The second-order valence-electron chi connectivity index (χ2n) is 5.87. The summed E-state index contributed by atoms with van der Waals surface area (Å²) >= 11 is 0. The zero-order valence-electron chi connectivity index (χ0n) is 13.0. The van der Waals surface area contributed by atoms with Crippen molar-refractivity contribution in [3.05, 3.63) is 24.2 Å². The molecular formula is C15H18F3N5. The van der Waals surface area contributed by atoms with Gasteiger partial charge in [0.2, 0.25) is 5.95 Å². The second kappa shape index (κ2) is 5.82. The summed E-state index contributed by atoms with van der Waals surface area (Å²) in [5.41, 5.74) is 2.36. The molecule has 124 valence electrons. The molecule has 0 aromatic carbocycles. The number of halogens is 3. The lowest BCUT2D eigenvalue weighted by Gasteiger charge is -2.33. The van der Waals surface area contributed by atoms with Crippen molar-refractivity contribution < 1.29 is 13.2 Å². The van der Waals surface area contributed by atoms with Gasteiger partial charge < -0.3 is 4.90 Å². The molecule has 8 heteroatoms. The van der Waals surface area contributed by atoms with Crippen LogP contribution in [0.1, 0.15) is 18.5 Å². The van der Waals surface area contributed by atoms with Crippen LogP contribution in [-0.4, -0.2) is 39.0 Å². The number of aryl methyl sites for hydroxylation is 2. The summed E-state index contributed by atoms with van der Waals surface area (Å²) in [5, 5.41) is 4.27. The van der Waals surface area contributed by atoms with Gasteiger partial charge in [0.15, 0.2) is 0 Å². The van der Waals surface area contributed by atoms with Crippen LogP contribution in [-0.2, 0) is 7.05 Å². The van der Waals surface area contributed by atoms with Crippen molar-refractivity contribution in [1.82, 2.24) is 19.7 Å². The molecular weight excluding hydrogens is 307 g/mol. The Morgan fingerprint density at radius 3 is 2.74 bits per heavy atom. The molecule has 1 aliphatic heterocycles. The molecule has 2 aromatic rings. The Morgan fingerprint density at radius 2 is 2.09 bits per heavy atom. The molecule has 5 nitrogen and oxygen atoms in total. The lowest BCUT2D eigenvalue weighted by molar-refractivity contribution is -0.176. The molecule has 0 aliphatic carbocycles. The lowest BCUT2D eigenvalue weighted by atomic mass is 9.98. The second-order valence-corrected chi connectivity index (χ2v) is 5.87. The molecule has 0 spiro atoms. The van der Waals surface area contributed by atoms with Crippen LogP contribution >= 0.6 is 0 Å². The van der Waals surface area contributed by atoms with Gasteiger partial charge >= 0.3 is 6.18 Å². The molecule has 3 heterocycles. The molecule has 2 aromatic heterocycles. The van der Waals surface area contributed by atoms with Gasteiger partial charge in [0.1, 0.15) is 0 Å². The summed E-state index contributed by atoms with van der Waals surface area (Å²) in [6.45, 7) is 2.33. The predicted molar refractivity (Wildman–Crippen MR) is 80.0 cm³/mol. The van der Waals surface area contributed by atoms with E-state index >= 15 is 0 Å². The van der Waals surface area contributed by atoms with Gasteiger partial charge in [-0.1, -0.05) is 0 Å². The van der Waals surface area contributed by atoms with E-state index in [9.17, 15) is 13.2 Å². The number of anilines is 1. The minimum absolute atomic E-state index is 0.0844. The van der Waals surface area contributed by atoms with Crippen LogP contribution in [0.15, 0.2) is 18.5 Å². The van der Waals surface area contributed by atoms with Crippen molar-refractivity contribution in [2.45, 2.75) is 25.9 Å². The van der Waals surface area contributed by atoms with Gasteiger partial charge in [-0.2, -0.15) is 18.3 Å². The minimum Gasteiger partial charge on any atom is -0.340 e. The molecule has 1 atom stereocenters. The van der Waals surface area contributed by atoms with Crippen LogP contribution in [0.4, 0.5) is 19.1 Å². The van der Waals surface area contributed by atoms with Crippen molar-refractivity contribution in [2.24, 2.45) is 13.0 Å². The van der Waals surface area contributed by atoms with Crippen molar-refractivity contribution >= 4 is 5.95 Å². The highest BCUT2D eigenvalue weighted by atomic mass is 19.4. The third-order valence-corrected chi connectivity index (χ3v) is 4.10. The summed E-state index contributed by atoms with van der Waals surface area (Å²) in [6, 6.07) is 1.75. The van der Waals surface area contributed by atoms with E-state index in [0.29, 0.717) is 24.6 Å². The maximum absolute atomic E-state index is 13.0. The number of alkyl halides is 3. The molecule has 23 heavy (non-hydrogen) atoms. The van der Waals surface area contributed by atoms with E-state index < -0.39 is 12.1 Å². The summed E-state index contributed by atoms with van der Waals surface area (Å²) in [4.78, 5) is 10.2. The summed E-state index contributed by atoms with van der Waals surface area (Å²) in [6.07, 6.45) is -0.0845. The van der Waals surface area contributed by atoms with Crippen molar-refractivity contribution in [2.75, 3.05) is 18.0 Å². The topological polar surface area (TPSA) is 46.8 Å². The highest BCUT2D eigenvalue weighted by molar-refractivity contribution is 5.61. The van der Waals surface area contributed by atoms with E-state index in [1.54, 1.807) is 21.8 Å². The molecule has 1 fully saturated rings. The van der Waals surface area contributed by atoms with Crippen LogP contribution < -0.4 is 4.90 Å². The first-order valence-corrected chi connectivity index (χ1v) is 7.50. The molecule has 0 N–H and O–H groups in total. The van der Waals surface area contributed by atoms with E-state index in [0.717, 1.165) is 11.3 Å². The average Bonchev–Trinajstić information content (AvgIpc) is 2.85. The first-order chi connectivity index (χ1) is 10.8. The molecule has 0 saturated carbocycles. The molecule has 3 rings (SSSR count). The lowest BCUT2D eigenvalue weighted by Crippen LogP contribution is -2.42. The maximum atomic E-state index is 13.0. The third-order valence-electron chi connectivity index (χ3n) is 4.10. The number of hydrogen-bond acceptors (Lipinski definition) is 4. The Morgan fingerprint density at radius 1 is 1.30 bits per heavy atom. The van der Waals surface area contributed by atoms with Gasteiger partial charge in [0.25, 0.3) is 0 Å². The molecule has 1 aliphatic rings. The van der Waals surface area contributed by atoms with Crippen LogP contribution in [0.2, 0.25) is 0 Å². The van der Waals surface area contributed by atoms with Crippen LogP contribution in [0, 0.1) is 12.8 Å². The number of hydrogen-bond donors (Lipinski definition) is 0. The summed E-state index contributed by atoms with van der Waals surface area (Å²) < 4.78 is 40.5. The number of aromatic nitrogens is 4. The summed E-state index contributed by atoms with van der Waals surface area (Å²) in [5.74, 6) is -0.969. The van der Waals surface area contributed by atoms with Crippen molar-refractivity contribution in [1.29, 1.82) is 0 Å². The predicted octanol–water partition coefficient (Wildman–Crippen LogP) is 2.96. The SMILES string of the molecule is Cc1nn(C)cc1-c1ccnc(N2CCC[C@@H](C(F)(F)F)C2)n1. The smallest absolute Gasteiger partial charge is 0.340 e. The van der Waals surface area contributed by atoms with Gasteiger partial charge in [-0.15, -0.1) is 0 Å². The van der Waals surface area contributed by atoms with Crippen LogP contribution in [0.5, 0.6) is 0 Å². The summed E-state index contributed by atoms with van der Waals surface area (Å²) in [7, 11) is 1.82. The Bertz CT molecular complexity index is 695. The number of piperidine rings is 1. The Hall–Kier alpha value is -2.12. The monoisotopic (exact) mass is 325 g/mol. The highest BCUT2D eigenvalue weighted by Gasteiger charge is 2.42. The largest absolute Gasteiger partial charge is 0.393 e. The standard InChI is InChI=1S/C15H18F3N5/c1-10-12(9-22(2)21-10)13-5-6-19-14(20-13)23-7-3-4-11(8-23)15(16,17)18/h5-6,9,11H,3-4,7-8H2,1-2H3/t11-/m1/s1. The first-order valence-electron chi connectivity index (χ1n) is 7.50. The van der Waals surface area contributed by atoms with Gasteiger partial charge in [0, 0.05) is 38.1 Å². The normalized spacial score (nSPS) is 19.2. The van der Waals surface area contributed by atoms with Gasteiger partial charge in [-0.25, -0.2) is 9.97 Å². The molecule has 1 saturated heterocycles. The zero-order valence-corrected chi connectivity index (χ0v) is 13.0. The third kappa shape index (κ3) is 3.30. The molecule has 0 amide bonds. The van der Waals surface area contributed by atoms with Gasteiger partial charge in [0.05, 0.1) is 17.3 Å². The van der Waals surface area contributed by atoms with E-state index in [1.165, 1.54) is 0 Å². The van der Waals surface area contributed by atoms with Crippen LogP contribution in [0.25, 0.3) is 11.3 Å². The molecule has 0 unspecified atom stereocenters. The van der Waals surface area contributed by atoms with Gasteiger partial charge in [-0.05, 0) is 25.8 Å².